The van der Waals surface area contributed by atoms with E-state index in [1.807, 2.05) is 54.9 Å². The Bertz CT molecular complexity index is 1550. The highest BCUT2D eigenvalue weighted by Gasteiger charge is 2.35. The van der Waals surface area contributed by atoms with Gasteiger partial charge in [0.25, 0.3) is 11.8 Å². The summed E-state index contributed by atoms with van der Waals surface area (Å²) >= 11 is 0. The summed E-state index contributed by atoms with van der Waals surface area (Å²) in [6.07, 6.45) is 4.92. The molecule has 0 atom stereocenters. The van der Waals surface area contributed by atoms with E-state index in [1.165, 1.54) is 0 Å². The molecule has 210 valence electrons. The van der Waals surface area contributed by atoms with Gasteiger partial charge in [-0.25, -0.2) is 0 Å². The van der Waals surface area contributed by atoms with E-state index in [2.05, 4.69) is 39.5 Å². The Morgan fingerprint density at radius 1 is 0.750 bits per heavy atom. The van der Waals surface area contributed by atoms with Crippen LogP contribution < -0.4 is 5.32 Å². The quantitative estimate of drug-likeness (QED) is 0.187. The van der Waals surface area contributed by atoms with Crippen molar-refractivity contribution in [1.29, 1.82) is 0 Å². The number of nitrogens with zero attached hydrogens (tertiary/aromatic N) is 3. The van der Waals surface area contributed by atoms with Gasteiger partial charge in [0, 0.05) is 58.4 Å². The van der Waals surface area contributed by atoms with Crippen molar-refractivity contribution >= 4 is 44.8 Å². The molecule has 0 unspecified atom stereocenters. The predicted octanol–water partition coefficient (Wildman–Crippen LogP) is 3.14. The average molecular weight is 545 g/mol. The molecule has 2 amide bonds. The number of benzene rings is 2. The van der Waals surface area contributed by atoms with Crippen molar-refractivity contribution in [1.82, 2.24) is 19.4 Å². The number of aryl methyl sites for hydroxylation is 1. The van der Waals surface area contributed by atoms with Crippen molar-refractivity contribution in [3.8, 4) is 0 Å². The number of aromatic nitrogens is 2. The third-order valence-corrected chi connectivity index (χ3v) is 7.14. The topological polar surface area (TPSA) is 98.0 Å². The molecule has 2 aromatic heterocycles. The van der Waals surface area contributed by atoms with Crippen LogP contribution in [-0.2, 0) is 32.2 Å². The van der Waals surface area contributed by atoms with Gasteiger partial charge in [0.1, 0.15) is 0 Å². The Kier molecular flexibility index (Phi) is 8.76. The second kappa shape index (κ2) is 12.6. The van der Waals surface area contributed by atoms with Gasteiger partial charge in [0.05, 0.1) is 44.2 Å². The maximum absolute atomic E-state index is 13.3. The molecule has 5 rings (SSSR count). The monoisotopic (exact) mass is 544 g/mol. The van der Waals surface area contributed by atoms with Crippen LogP contribution in [0.5, 0.6) is 0 Å². The van der Waals surface area contributed by atoms with Crippen molar-refractivity contribution in [2.45, 2.75) is 19.5 Å². The van der Waals surface area contributed by atoms with Crippen LogP contribution in [-0.4, -0.2) is 84.6 Å². The van der Waals surface area contributed by atoms with Crippen molar-refractivity contribution in [2.75, 3.05) is 53.7 Å². The van der Waals surface area contributed by atoms with Crippen LogP contribution in [0.15, 0.2) is 60.9 Å². The Balaban J connectivity index is 1.52. The summed E-state index contributed by atoms with van der Waals surface area (Å²) in [6.45, 7) is 3.91. The number of rotatable bonds is 14. The van der Waals surface area contributed by atoms with Crippen LogP contribution in [0.25, 0.3) is 33.0 Å². The third-order valence-electron chi connectivity index (χ3n) is 7.14. The number of nitrogens with one attached hydrogen (secondary N) is 1. The summed E-state index contributed by atoms with van der Waals surface area (Å²) in [5.74, 6) is -0.760. The number of amides is 2. The Hall–Kier alpha value is -3.76. The number of hydrogen-bond donors (Lipinski definition) is 2. The highest BCUT2D eigenvalue weighted by atomic mass is 16.5. The number of para-hydroxylation sites is 2. The van der Waals surface area contributed by atoms with Gasteiger partial charge in [0.15, 0.2) is 0 Å². The molecule has 2 N–H and O–H groups in total. The lowest BCUT2D eigenvalue weighted by atomic mass is 9.95. The van der Waals surface area contributed by atoms with E-state index in [9.17, 15) is 9.59 Å². The van der Waals surface area contributed by atoms with Gasteiger partial charge in [-0.2, -0.15) is 0 Å². The highest BCUT2D eigenvalue weighted by molar-refractivity contribution is 6.50. The van der Waals surface area contributed by atoms with E-state index >= 15 is 0 Å². The minimum absolute atomic E-state index is 0.0109. The number of fused-ring (bicyclic) bond motifs is 2. The fourth-order valence-corrected chi connectivity index (χ4v) is 5.34. The van der Waals surface area contributed by atoms with Crippen LogP contribution in [0.4, 0.5) is 0 Å². The maximum Gasteiger partial charge on any atom is 0.259 e. The number of carbonyl (C=O) groups excluding carboxylic acids is 2. The fourth-order valence-electron chi connectivity index (χ4n) is 5.34. The Morgan fingerprint density at radius 2 is 1.27 bits per heavy atom. The van der Waals surface area contributed by atoms with E-state index in [0.717, 1.165) is 52.4 Å². The fraction of sp³-hybridized carbons (Fsp3) is 0.355. The van der Waals surface area contributed by atoms with E-state index in [4.69, 9.17) is 14.6 Å². The normalized spacial score (nSPS) is 13.9. The van der Waals surface area contributed by atoms with Gasteiger partial charge >= 0.3 is 0 Å². The summed E-state index contributed by atoms with van der Waals surface area (Å²) in [7, 11) is 4.11. The molecule has 9 nitrogen and oxygen atoms in total. The molecule has 1 aliphatic rings. The number of aliphatic hydroxyl groups excluding tert-OH is 1. The minimum Gasteiger partial charge on any atom is -0.394 e. The second-order valence-corrected chi connectivity index (χ2v) is 10.1. The molecule has 9 heteroatoms. The number of imide groups is 1. The first-order valence-corrected chi connectivity index (χ1v) is 13.7. The Labute approximate surface area is 233 Å². The number of aliphatic hydroxyl groups is 1. The van der Waals surface area contributed by atoms with Crippen molar-refractivity contribution < 1.29 is 24.2 Å². The van der Waals surface area contributed by atoms with Crippen LogP contribution >= 0.6 is 0 Å². The third kappa shape index (κ3) is 5.73. The van der Waals surface area contributed by atoms with E-state index < -0.39 is 0 Å². The molecule has 1 aliphatic heterocycles. The molecule has 3 heterocycles. The van der Waals surface area contributed by atoms with Crippen molar-refractivity contribution in [2.24, 2.45) is 0 Å². The molecule has 4 aromatic rings. The number of hydrogen-bond acceptors (Lipinski definition) is 6. The van der Waals surface area contributed by atoms with E-state index in [0.29, 0.717) is 44.1 Å². The summed E-state index contributed by atoms with van der Waals surface area (Å²) in [5.41, 5.74) is 4.30. The lowest BCUT2D eigenvalue weighted by Crippen LogP contribution is -2.22. The lowest BCUT2D eigenvalue weighted by molar-refractivity contribution is -0.122. The summed E-state index contributed by atoms with van der Waals surface area (Å²) in [4.78, 5) is 28.8. The molecular weight excluding hydrogens is 508 g/mol. The molecule has 0 saturated heterocycles. The molecule has 0 spiro atoms. The number of ether oxygens (including phenoxy) is 2. The van der Waals surface area contributed by atoms with Crippen LogP contribution in [0, 0.1) is 0 Å². The largest absolute Gasteiger partial charge is 0.394 e. The van der Waals surface area contributed by atoms with Crippen molar-refractivity contribution in [3.63, 3.8) is 0 Å². The van der Waals surface area contributed by atoms with Gasteiger partial charge in [-0.05, 0) is 39.2 Å². The molecule has 2 aromatic carbocycles. The van der Waals surface area contributed by atoms with Crippen LogP contribution in [0.2, 0.25) is 0 Å². The first kappa shape index (κ1) is 27.8. The van der Waals surface area contributed by atoms with E-state index in [-0.39, 0.29) is 18.4 Å². The zero-order valence-corrected chi connectivity index (χ0v) is 23.1. The zero-order chi connectivity index (χ0) is 28.1. The minimum atomic E-state index is -0.385. The summed E-state index contributed by atoms with van der Waals surface area (Å²) in [6, 6.07) is 15.9. The molecule has 0 radical (unpaired) electrons. The molecular formula is C31H36N4O5. The molecule has 0 fully saturated rings. The molecule has 0 aliphatic carbocycles. The van der Waals surface area contributed by atoms with Gasteiger partial charge in [0.2, 0.25) is 0 Å². The van der Waals surface area contributed by atoms with Gasteiger partial charge in [-0.15, -0.1) is 0 Å². The lowest BCUT2D eigenvalue weighted by Gasteiger charge is -2.10. The summed E-state index contributed by atoms with van der Waals surface area (Å²) in [5, 5.41) is 13.2. The molecule has 0 bridgehead atoms. The molecule has 40 heavy (non-hydrogen) atoms. The van der Waals surface area contributed by atoms with Gasteiger partial charge in [-0.1, -0.05) is 36.4 Å². The average Bonchev–Trinajstić information content (AvgIpc) is 3.58. The maximum atomic E-state index is 13.3. The highest BCUT2D eigenvalue weighted by Crippen LogP contribution is 2.39. The second-order valence-electron chi connectivity index (χ2n) is 10.1. The van der Waals surface area contributed by atoms with E-state index in [1.54, 1.807) is 0 Å². The zero-order valence-electron chi connectivity index (χ0n) is 23.1. The first-order chi connectivity index (χ1) is 19.5. The van der Waals surface area contributed by atoms with Crippen LogP contribution in [0.1, 0.15) is 17.5 Å². The van der Waals surface area contributed by atoms with Gasteiger partial charge < -0.3 is 28.6 Å². The first-order valence-electron chi connectivity index (χ1n) is 13.7. The van der Waals surface area contributed by atoms with Crippen LogP contribution in [0.3, 0.4) is 0 Å². The number of carbonyl (C=O) groups is 2. The van der Waals surface area contributed by atoms with Gasteiger partial charge in [-0.3, -0.25) is 14.9 Å². The Morgan fingerprint density at radius 3 is 1.82 bits per heavy atom. The molecule has 0 saturated carbocycles. The van der Waals surface area contributed by atoms with Crippen molar-refractivity contribution in [3.05, 3.63) is 72.1 Å². The smallest absolute Gasteiger partial charge is 0.259 e. The standard InChI is InChI=1S/C31H36N4O5/c1-33(2)12-7-13-34-20-24(22-8-3-5-10-26(22)34)28-29(31(38)32-30(28)37)25-21-35(27-11-6-4-9-23(25)27)14-16-39-18-19-40-17-15-36/h3-6,8-11,20-21,36H,7,12-19H2,1-2H3,(H,32,37,38). The SMILES string of the molecule is CN(C)CCCn1cc(C2=C(c3cn(CCOCCOCCO)c4ccccc34)C(=O)NC2=O)c2ccccc21. The predicted molar refractivity (Wildman–Crippen MR) is 156 cm³/mol. The summed E-state index contributed by atoms with van der Waals surface area (Å²) < 4.78 is 15.2.